The van der Waals surface area contributed by atoms with Gasteiger partial charge in [-0.25, -0.2) is 0 Å². The molecule has 1 N–H and O–H groups in total. The number of aryl methyl sites for hydroxylation is 1. The summed E-state index contributed by atoms with van der Waals surface area (Å²) >= 11 is 0. The first-order valence-electron chi connectivity index (χ1n) is 8.74. The molecular formula is C21H26N2O3. The molecule has 26 heavy (non-hydrogen) atoms. The number of anilines is 1. The van der Waals surface area contributed by atoms with Crippen LogP contribution in [0.15, 0.2) is 48.5 Å². The Morgan fingerprint density at radius 2 is 1.81 bits per heavy atom. The Labute approximate surface area is 155 Å². The number of rotatable bonds is 8. The van der Waals surface area contributed by atoms with E-state index in [1.807, 2.05) is 62.4 Å². The molecule has 0 aliphatic rings. The second-order valence-corrected chi connectivity index (χ2v) is 6.20. The average Bonchev–Trinajstić information content (AvgIpc) is 2.61. The highest BCUT2D eigenvalue weighted by Gasteiger charge is 2.17. The summed E-state index contributed by atoms with van der Waals surface area (Å²) in [6, 6.07) is 15.6. The third kappa shape index (κ3) is 5.70. The Morgan fingerprint density at radius 3 is 2.46 bits per heavy atom. The molecule has 0 spiro atoms. The van der Waals surface area contributed by atoms with Gasteiger partial charge in [-0.3, -0.25) is 9.59 Å². The predicted octanol–water partition coefficient (Wildman–Crippen LogP) is 2.85. The molecule has 0 aliphatic carbocycles. The molecule has 0 saturated heterocycles. The summed E-state index contributed by atoms with van der Waals surface area (Å²) in [5.74, 6) is -0.152. The van der Waals surface area contributed by atoms with Crippen molar-refractivity contribution in [3.05, 3.63) is 65.2 Å². The summed E-state index contributed by atoms with van der Waals surface area (Å²) in [6.45, 7) is 4.98. The predicted molar refractivity (Wildman–Crippen MR) is 103 cm³/mol. The summed E-state index contributed by atoms with van der Waals surface area (Å²) in [7, 11) is 1.51. The number of carbonyl (C=O) groups is 2. The Morgan fingerprint density at radius 1 is 1.08 bits per heavy atom. The average molecular weight is 354 g/mol. The van der Waals surface area contributed by atoms with E-state index in [9.17, 15) is 9.59 Å². The van der Waals surface area contributed by atoms with E-state index in [1.165, 1.54) is 12.7 Å². The molecule has 138 valence electrons. The van der Waals surface area contributed by atoms with Gasteiger partial charge in [-0.15, -0.1) is 0 Å². The van der Waals surface area contributed by atoms with Crippen molar-refractivity contribution in [2.45, 2.75) is 26.8 Å². The molecule has 5 heteroatoms. The Hall–Kier alpha value is -2.66. The summed E-state index contributed by atoms with van der Waals surface area (Å²) < 4.78 is 5.03. The molecule has 0 aromatic heterocycles. The van der Waals surface area contributed by atoms with Crippen LogP contribution >= 0.6 is 0 Å². The third-order valence-corrected chi connectivity index (χ3v) is 3.99. The maximum atomic E-state index is 12.6. The van der Waals surface area contributed by atoms with E-state index in [2.05, 4.69) is 5.32 Å². The van der Waals surface area contributed by atoms with Gasteiger partial charge in [-0.2, -0.15) is 0 Å². The van der Waals surface area contributed by atoms with Crippen LogP contribution in [0, 0.1) is 6.92 Å². The number of hydrogen-bond donors (Lipinski definition) is 1. The monoisotopic (exact) mass is 354 g/mol. The van der Waals surface area contributed by atoms with Gasteiger partial charge in [-0.05, 0) is 37.1 Å². The number of ether oxygens (including phenoxy) is 1. The van der Waals surface area contributed by atoms with E-state index in [0.29, 0.717) is 19.5 Å². The zero-order chi connectivity index (χ0) is 18.9. The highest BCUT2D eigenvalue weighted by atomic mass is 16.5. The van der Waals surface area contributed by atoms with Gasteiger partial charge in [0.05, 0.1) is 13.0 Å². The molecule has 2 rings (SSSR count). The Bertz CT molecular complexity index is 741. The standard InChI is InChI=1S/C21H26N2O3/c1-4-22-20(24)13-18-6-5-7-19(12-18)23(21(25)15-26-3)14-17-10-8-16(2)9-11-17/h5-12H,4,13-15H2,1-3H3,(H,22,24). The second kappa shape index (κ2) is 9.73. The zero-order valence-electron chi connectivity index (χ0n) is 15.6. The van der Waals surface area contributed by atoms with E-state index < -0.39 is 0 Å². The van der Waals surface area contributed by atoms with E-state index >= 15 is 0 Å². The number of carbonyl (C=O) groups excluding carboxylic acids is 2. The lowest BCUT2D eigenvalue weighted by molar-refractivity contribution is -0.122. The molecule has 0 unspecified atom stereocenters. The summed E-state index contributed by atoms with van der Waals surface area (Å²) in [4.78, 5) is 26.1. The first-order chi connectivity index (χ1) is 12.5. The highest BCUT2D eigenvalue weighted by Crippen LogP contribution is 2.20. The minimum Gasteiger partial charge on any atom is -0.375 e. The van der Waals surface area contributed by atoms with Crippen LogP contribution < -0.4 is 10.2 Å². The molecule has 2 aromatic rings. The number of amides is 2. The van der Waals surface area contributed by atoms with Crippen molar-refractivity contribution in [1.29, 1.82) is 0 Å². The van der Waals surface area contributed by atoms with Crippen molar-refractivity contribution >= 4 is 17.5 Å². The molecule has 0 heterocycles. The van der Waals surface area contributed by atoms with Gasteiger partial charge in [0.25, 0.3) is 5.91 Å². The van der Waals surface area contributed by atoms with Gasteiger partial charge < -0.3 is 15.0 Å². The van der Waals surface area contributed by atoms with Gasteiger partial charge >= 0.3 is 0 Å². The SMILES string of the molecule is CCNC(=O)Cc1cccc(N(Cc2ccc(C)cc2)C(=O)COC)c1. The van der Waals surface area contributed by atoms with Crippen LogP contribution in [0.4, 0.5) is 5.69 Å². The first-order valence-corrected chi connectivity index (χ1v) is 8.74. The van der Waals surface area contributed by atoms with Gasteiger partial charge in [0, 0.05) is 19.3 Å². The number of nitrogens with zero attached hydrogens (tertiary/aromatic N) is 1. The number of likely N-dealkylation sites (N-methyl/N-ethyl adjacent to an activating group) is 1. The van der Waals surface area contributed by atoms with Gasteiger partial charge in [-0.1, -0.05) is 42.0 Å². The normalized spacial score (nSPS) is 10.4. The van der Waals surface area contributed by atoms with Crippen LogP contribution in [0.1, 0.15) is 23.6 Å². The van der Waals surface area contributed by atoms with E-state index in [1.54, 1.807) is 4.90 Å². The number of methoxy groups -OCH3 is 1. The molecule has 0 fully saturated rings. The van der Waals surface area contributed by atoms with Crippen LogP contribution in [0.3, 0.4) is 0 Å². The lowest BCUT2D eigenvalue weighted by Crippen LogP contribution is -2.33. The van der Waals surface area contributed by atoms with Crippen molar-refractivity contribution in [3.8, 4) is 0 Å². The quantitative estimate of drug-likeness (QED) is 0.793. The van der Waals surface area contributed by atoms with Gasteiger partial charge in [0.15, 0.2) is 0 Å². The zero-order valence-corrected chi connectivity index (χ0v) is 15.6. The van der Waals surface area contributed by atoms with E-state index in [4.69, 9.17) is 4.74 Å². The maximum Gasteiger partial charge on any atom is 0.253 e. The molecule has 5 nitrogen and oxygen atoms in total. The number of nitrogens with one attached hydrogen (secondary N) is 1. The van der Waals surface area contributed by atoms with Crippen LogP contribution in [0.25, 0.3) is 0 Å². The molecule has 0 saturated carbocycles. The van der Waals surface area contributed by atoms with Crippen molar-refractivity contribution in [2.24, 2.45) is 0 Å². The van der Waals surface area contributed by atoms with Crippen molar-refractivity contribution < 1.29 is 14.3 Å². The fraction of sp³-hybridized carbons (Fsp3) is 0.333. The maximum absolute atomic E-state index is 12.6. The van der Waals surface area contributed by atoms with Crippen LogP contribution in [0.2, 0.25) is 0 Å². The van der Waals surface area contributed by atoms with Crippen LogP contribution in [-0.4, -0.2) is 32.1 Å². The van der Waals surface area contributed by atoms with E-state index in [-0.39, 0.29) is 18.4 Å². The molecular weight excluding hydrogens is 328 g/mol. The Kier molecular flexibility index (Phi) is 7.36. The lowest BCUT2D eigenvalue weighted by Gasteiger charge is -2.23. The topological polar surface area (TPSA) is 58.6 Å². The lowest BCUT2D eigenvalue weighted by atomic mass is 10.1. The summed E-state index contributed by atoms with van der Waals surface area (Å²) in [5, 5.41) is 2.79. The second-order valence-electron chi connectivity index (χ2n) is 6.20. The molecule has 0 aliphatic heterocycles. The van der Waals surface area contributed by atoms with E-state index in [0.717, 1.165) is 16.8 Å². The largest absolute Gasteiger partial charge is 0.375 e. The number of hydrogen-bond acceptors (Lipinski definition) is 3. The minimum absolute atomic E-state index is 0.00636. The summed E-state index contributed by atoms with van der Waals surface area (Å²) in [5.41, 5.74) is 3.84. The smallest absolute Gasteiger partial charge is 0.253 e. The molecule has 0 atom stereocenters. The molecule has 0 bridgehead atoms. The van der Waals surface area contributed by atoms with Crippen LogP contribution in [0.5, 0.6) is 0 Å². The van der Waals surface area contributed by atoms with Crippen LogP contribution in [-0.2, 0) is 27.3 Å². The van der Waals surface area contributed by atoms with Crippen molar-refractivity contribution in [2.75, 3.05) is 25.2 Å². The van der Waals surface area contributed by atoms with Gasteiger partial charge in [0.1, 0.15) is 6.61 Å². The fourth-order valence-electron chi connectivity index (χ4n) is 2.68. The third-order valence-electron chi connectivity index (χ3n) is 3.99. The van der Waals surface area contributed by atoms with Crippen molar-refractivity contribution in [1.82, 2.24) is 5.32 Å². The molecule has 2 aromatic carbocycles. The van der Waals surface area contributed by atoms with Gasteiger partial charge in [0.2, 0.25) is 5.91 Å². The fourth-order valence-corrected chi connectivity index (χ4v) is 2.68. The highest BCUT2D eigenvalue weighted by molar-refractivity contribution is 5.94. The summed E-state index contributed by atoms with van der Waals surface area (Å²) in [6.07, 6.45) is 0.290. The molecule has 0 radical (unpaired) electrons. The molecule has 2 amide bonds. The van der Waals surface area contributed by atoms with Crippen molar-refractivity contribution in [3.63, 3.8) is 0 Å². The number of benzene rings is 2. The minimum atomic E-state index is -0.122. The Balaban J connectivity index is 2.25. The first kappa shape index (κ1) is 19.7.